The molecule has 3 aromatic rings. The van der Waals surface area contributed by atoms with E-state index in [4.69, 9.17) is 4.42 Å². The molecule has 0 radical (unpaired) electrons. The molecule has 0 atom stereocenters. The van der Waals surface area contributed by atoms with Gasteiger partial charge in [-0.3, -0.25) is 0 Å². The highest BCUT2D eigenvalue weighted by Gasteiger charge is 2.03. The van der Waals surface area contributed by atoms with Crippen LogP contribution in [0.5, 0.6) is 0 Å². The summed E-state index contributed by atoms with van der Waals surface area (Å²) < 4.78 is 5.37. The lowest BCUT2D eigenvalue weighted by Gasteiger charge is -1.96. The maximum absolute atomic E-state index is 5.37. The molecule has 0 spiro atoms. The van der Waals surface area contributed by atoms with Crippen LogP contribution in [-0.4, -0.2) is 4.98 Å². The van der Waals surface area contributed by atoms with E-state index < -0.39 is 0 Å². The van der Waals surface area contributed by atoms with Gasteiger partial charge in [-0.2, -0.15) is 0 Å². The molecule has 15 heavy (non-hydrogen) atoms. The lowest BCUT2D eigenvalue weighted by Crippen LogP contribution is -1.73. The van der Waals surface area contributed by atoms with Gasteiger partial charge in [0, 0.05) is 22.2 Å². The lowest BCUT2D eigenvalue weighted by molar-refractivity contribution is 0.582. The van der Waals surface area contributed by atoms with E-state index in [0.29, 0.717) is 0 Å². The van der Waals surface area contributed by atoms with Crippen LogP contribution in [0.25, 0.3) is 22.2 Å². The standard InChI is InChI=1S/C13H11NO/c1-9-7-11-8-10(4-5-12(11)14-9)13-3-2-6-15-13/h2-8,14H,1H3. The highest BCUT2D eigenvalue weighted by atomic mass is 16.3. The van der Waals surface area contributed by atoms with Crippen LogP contribution >= 0.6 is 0 Å². The average molecular weight is 197 g/mol. The number of benzene rings is 1. The fourth-order valence-electron chi connectivity index (χ4n) is 1.87. The van der Waals surface area contributed by atoms with Crippen molar-refractivity contribution in [2.24, 2.45) is 0 Å². The van der Waals surface area contributed by atoms with Crippen molar-refractivity contribution >= 4 is 10.9 Å². The summed E-state index contributed by atoms with van der Waals surface area (Å²) in [6.45, 7) is 2.06. The normalized spacial score (nSPS) is 11.0. The number of rotatable bonds is 1. The lowest BCUT2D eigenvalue weighted by atomic mass is 10.1. The van der Waals surface area contributed by atoms with Gasteiger partial charge in [-0.15, -0.1) is 0 Å². The predicted molar refractivity (Wildman–Crippen MR) is 60.7 cm³/mol. The summed E-state index contributed by atoms with van der Waals surface area (Å²) in [5.41, 5.74) is 3.47. The van der Waals surface area contributed by atoms with Gasteiger partial charge in [0.2, 0.25) is 0 Å². The Kier molecular flexibility index (Phi) is 1.68. The number of hydrogen-bond acceptors (Lipinski definition) is 1. The molecule has 0 unspecified atom stereocenters. The van der Waals surface area contributed by atoms with Crippen LogP contribution in [0.15, 0.2) is 47.1 Å². The van der Waals surface area contributed by atoms with Crippen LogP contribution in [-0.2, 0) is 0 Å². The molecule has 0 aliphatic heterocycles. The minimum atomic E-state index is 0.913. The molecule has 2 aromatic heterocycles. The summed E-state index contributed by atoms with van der Waals surface area (Å²) in [6.07, 6.45) is 1.70. The summed E-state index contributed by atoms with van der Waals surface area (Å²) in [5.74, 6) is 0.913. The third kappa shape index (κ3) is 1.34. The first-order valence-electron chi connectivity index (χ1n) is 4.96. The molecule has 3 rings (SSSR count). The molecule has 0 fully saturated rings. The van der Waals surface area contributed by atoms with Crippen molar-refractivity contribution in [3.05, 3.63) is 48.4 Å². The largest absolute Gasteiger partial charge is 0.464 e. The first-order valence-corrected chi connectivity index (χ1v) is 4.96. The molecule has 1 aromatic carbocycles. The van der Waals surface area contributed by atoms with Gasteiger partial charge in [0.15, 0.2) is 0 Å². The van der Waals surface area contributed by atoms with Crippen molar-refractivity contribution in [2.75, 3.05) is 0 Å². The van der Waals surface area contributed by atoms with Gasteiger partial charge in [-0.05, 0) is 43.3 Å². The molecular formula is C13H11NO. The third-order valence-corrected chi connectivity index (χ3v) is 2.56. The molecular weight excluding hydrogens is 186 g/mol. The summed E-state index contributed by atoms with van der Waals surface area (Å²) in [7, 11) is 0. The van der Waals surface area contributed by atoms with E-state index in [9.17, 15) is 0 Å². The SMILES string of the molecule is Cc1cc2cc(-c3ccco3)ccc2[nH]1. The Bertz CT molecular complexity index is 590. The minimum absolute atomic E-state index is 0.913. The van der Waals surface area contributed by atoms with Gasteiger partial charge in [0.05, 0.1) is 6.26 Å². The molecule has 2 heterocycles. The molecule has 0 aliphatic carbocycles. The number of aromatic nitrogens is 1. The maximum Gasteiger partial charge on any atom is 0.133 e. The Morgan fingerprint density at radius 1 is 1.13 bits per heavy atom. The number of H-pyrrole nitrogens is 1. The summed E-state index contributed by atoms with van der Waals surface area (Å²) in [6, 6.07) is 12.3. The molecule has 0 saturated heterocycles. The number of hydrogen-bond donors (Lipinski definition) is 1. The van der Waals surface area contributed by atoms with Crippen molar-refractivity contribution in [1.82, 2.24) is 4.98 Å². The van der Waals surface area contributed by atoms with E-state index in [2.05, 4.69) is 36.2 Å². The Hall–Kier alpha value is -1.96. The number of aryl methyl sites for hydroxylation is 1. The van der Waals surface area contributed by atoms with Crippen LogP contribution in [0.1, 0.15) is 5.69 Å². The molecule has 1 N–H and O–H groups in total. The van der Waals surface area contributed by atoms with Gasteiger partial charge in [0.25, 0.3) is 0 Å². The maximum atomic E-state index is 5.37. The number of furan rings is 1. The summed E-state index contributed by atoms with van der Waals surface area (Å²) >= 11 is 0. The average Bonchev–Trinajstić information content (AvgIpc) is 2.82. The second kappa shape index (κ2) is 3.02. The first-order chi connectivity index (χ1) is 7.33. The van der Waals surface area contributed by atoms with Crippen LogP contribution in [0.2, 0.25) is 0 Å². The highest BCUT2D eigenvalue weighted by Crippen LogP contribution is 2.24. The summed E-state index contributed by atoms with van der Waals surface area (Å²) in [4.78, 5) is 3.30. The first kappa shape index (κ1) is 8.36. The van der Waals surface area contributed by atoms with Gasteiger partial charge >= 0.3 is 0 Å². The Morgan fingerprint density at radius 2 is 2.07 bits per heavy atom. The fourth-order valence-corrected chi connectivity index (χ4v) is 1.87. The smallest absolute Gasteiger partial charge is 0.133 e. The van der Waals surface area contributed by atoms with Crippen molar-refractivity contribution in [1.29, 1.82) is 0 Å². The summed E-state index contributed by atoms with van der Waals surface area (Å²) in [5, 5.41) is 1.22. The van der Waals surface area contributed by atoms with Crippen molar-refractivity contribution < 1.29 is 4.42 Å². The van der Waals surface area contributed by atoms with Crippen LogP contribution < -0.4 is 0 Å². The Balaban J connectivity index is 2.21. The Labute approximate surface area is 87.5 Å². The Morgan fingerprint density at radius 3 is 2.87 bits per heavy atom. The predicted octanol–water partition coefficient (Wildman–Crippen LogP) is 3.74. The van der Waals surface area contributed by atoms with Gasteiger partial charge < -0.3 is 9.40 Å². The minimum Gasteiger partial charge on any atom is -0.464 e. The molecule has 0 saturated carbocycles. The molecule has 0 bridgehead atoms. The van der Waals surface area contributed by atoms with Crippen molar-refractivity contribution in [3.63, 3.8) is 0 Å². The van der Waals surface area contributed by atoms with Crippen LogP contribution in [0.4, 0.5) is 0 Å². The van der Waals surface area contributed by atoms with Crippen LogP contribution in [0.3, 0.4) is 0 Å². The van der Waals surface area contributed by atoms with Crippen molar-refractivity contribution in [3.8, 4) is 11.3 Å². The quantitative estimate of drug-likeness (QED) is 0.632. The molecule has 2 nitrogen and oxygen atoms in total. The van der Waals surface area contributed by atoms with E-state index in [1.165, 1.54) is 16.6 Å². The topological polar surface area (TPSA) is 28.9 Å². The van der Waals surface area contributed by atoms with Gasteiger partial charge in [-0.1, -0.05) is 0 Å². The molecule has 2 heteroatoms. The van der Waals surface area contributed by atoms with E-state index in [1.807, 2.05) is 12.1 Å². The van der Waals surface area contributed by atoms with E-state index in [0.717, 1.165) is 11.3 Å². The van der Waals surface area contributed by atoms with E-state index in [1.54, 1.807) is 6.26 Å². The monoisotopic (exact) mass is 197 g/mol. The second-order valence-corrected chi connectivity index (χ2v) is 3.73. The molecule has 74 valence electrons. The zero-order chi connectivity index (χ0) is 10.3. The molecule has 0 amide bonds. The van der Waals surface area contributed by atoms with Gasteiger partial charge in [-0.25, -0.2) is 0 Å². The molecule has 0 aliphatic rings. The number of nitrogens with one attached hydrogen (secondary N) is 1. The van der Waals surface area contributed by atoms with Crippen LogP contribution in [0, 0.1) is 6.92 Å². The van der Waals surface area contributed by atoms with E-state index in [-0.39, 0.29) is 0 Å². The fraction of sp³-hybridized carbons (Fsp3) is 0.0769. The zero-order valence-electron chi connectivity index (χ0n) is 8.45. The van der Waals surface area contributed by atoms with E-state index >= 15 is 0 Å². The van der Waals surface area contributed by atoms with Crippen molar-refractivity contribution in [2.45, 2.75) is 6.92 Å². The second-order valence-electron chi connectivity index (χ2n) is 3.73. The number of fused-ring (bicyclic) bond motifs is 1. The zero-order valence-corrected chi connectivity index (χ0v) is 8.45. The van der Waals surface area contributed by atoms with Gasteiger partial charge in [0.1, 0.15) is 5.76 Å². The third-order valence-electron chi connectivity index (χ3n) is 2.56. The highest BCUT2D eigenvalue weighted by molar-refractivity contribution is 5.84. The number of aromatic amines is 1.